The molecule has 1 aliphatic heterocycles. The average Bonchev–Trinajstić information content (AvgIpc) is 2.48. The number of nitrogens with zero attached hydrogens (tertiary/aromatic N) is 1. The Balaban J connectivity index is 1.95. The van der Waals surface area contributed by atoms with Crippen LogP contribution in [0.15, 0.2) is 30.3 Å². The predicted octanol–water partition coefficient (Wildman–Crippen LogP) is 2.18. The Morgan fingerprint density at radius 1 is 1.37 bits per heavy atom. The second-order valence-corrected chi connectivity index (χ2v) is 5.42. The molecule has 1 aromatic carbocycles. The third kappa shape index (κ3) is 4.30. The van der Waals surface area contributed by atoms with Gasteiger partial charge in [-0.1, -0.05) is 37.3 Å². The molecule has 0 bridgehead atoms. The highest BCUT2D eigenvalue weighted by molar-refractivity contribution is 5.17. The molecule has 0 spiro atoms. The Labute approximate surface area is 116 Å². The molecule has 1 fully saturated rings. The van der Waals surface area contributed by atoms with Crippen LogP contribution in [0.4, 0.5) is 0 Å². The molecule has 2 N–H and O–H groups in total. The van der Waals surface area contributed by atoms with E-state index >= 15 is 0 Å². The number of aliphatic hydroxyl groups excluding tert-OH is 1. The number of hydrogen-bond donors (Lipinski definition) is 2. The summed E-state index contributed by atoms with van der Waals surface area (Å²) >= 11 is 0. The summed E-state index contributed by atoms with van der Waals surface area (Å²) in [5.74, 6) is 0. The lowest BCUT2D eigenvalue weighted by Crippen LogP contribution is -2.47. The second-order valence-electron chi connectivity index (χ2n) is 5.42. The lowest BCUT2D eigenvalue weighted by Gasteiger charge is -2.35. The highest BCUT2D eigenvalue weighted by Gasteiger charge is 2.22. The highest BCUT2D eigenvalue weighted by atomic mass is 16.3. The first kappa shape index (κ1) is 14.5. The van der Waals surface area contributed by atoms with Crippen LogP contribution in [-0.4, -0.2) is 42.2 Å². The predicted molar refractivity (Wildman–Crippen MR) is 79.2 cm³/mol. The van der Waals surface area contributed by atoms with E-state index in [1.54, 1.807) is 0 Å². The Kier molecular flexibility index (Phi) is 5.83. The van der Waals surface area contributed by atoms with Crippen LogP contribution in [0.3, 0.4) is 0 Å². The Morgan fingerprint density at radius 2 is 2.16 bits per heavy atom. The van der Waals surface area contributed by atoms with E-state index in [4.69, 9.17) is 0 Å². The molecule has 1 aromatic rings. The van der Waals surface area contributed by atoms with Crippen LogP contribution in [-0.2, 0) is 0 Å². The van der Waals surface area contributed by atoms with Crippen molar-refractivity contribution < 1.29 is 5.11 Å². The van der Waals surface area contributed by atoms with E-state index in [1.807, 2.05) is 30.3 Å². The van der Waals surface area contributed by atoms with Gasteiger partial charge in [-0.2, -0.15) is 0 Å². The van der Waals surface area contributed by atoms with Crippen molar-refractivity contribution in [1.29, 1.82) is 0 Å². The SMILES string of the molecule is CCCN(CC(O)c1ccccc1)C1CCCNC1. The van der Waals surface area contributed by atoms with Crippen LogP contribution in [0.2, 0.25) is 0 Å². The van der Waals surface area contributed by atoms with Crippen molar-refractivity contribution in [3.63, 3.8) is 0 Å². The van der Waals surface area contributed by atoms with E-state index in [0.29, 0.717) is 6.04 Å². The van der Waals surface area contributed by atoms with Gasteiger partial charge in [0, 0.05) is 19.1 Å². The van der Waals surface area contributed by atoms with Crippen molar-refractivity contribution in [3.05, 3.63) is 35.9 Å². The summed E-state index contributed by atoms with van der Waals surface area (Å²) in [4.78, 5) is 2.45. The molecular weight excluding hydrogens is 236 g/mol. The minimum atomic E-state index is -0.380. The van der Waals surface area contributed by atoms with Gasteiger partial charge in [-0.3, -0.25) is 4.90 Å². The lowest BCUT2D eigenvalue weighted by atomic mass is 10.0. The first-order valence-electron chi connectivity index (χ1n) is 7.49. The van der Waals surface area contributed by atoms with E-state index in [-0.39, 0.29) is 6.10 Å². The maximum Gasteiger partial charge on any atom is 0.0917 e. The fraction of sp³-hybridized carbons (Fsp3) is 0.625. The molecule has 0 aliphatic carbocycles. The van der Waals surface area contributed by atoms with Crippen LogP contribution in [0.1, 0.15) is 37.9 Å². The molecule has 0 radical (unpaired) electrons. The lowest BCUT2D eigenvalue weighted by molar-refractivity contribution is 0.0772. The van der Waals surface area contributed by atoms with Crippen molar-refractivity contribution in [2.24, 2.45) is 0 Å². The van der Waals surface area contributed by atoms with E-state index in [1.165, 1.54) is 12.8 Å². The van der Waals surface area contributed by atoms with Gasteiger partial charge in [-0.25, -0.2) is 0 Å². The van der Waals surface area contributed by atoms with Crippen LogP contribution >= 0.6 is 0 Å². The molecule has 1 aliphatic rings. The third-order valence-corrected chi connectivity index (χ3v) is 3.89. The number of piperidine rings is 1. The van der Waals surface area contributed by atoms with Crippen molar-refractivity contribution in [1.82, 2.24) is 10.2 Å². The zero-order valence-electron chi connectivity index (χ0n) is 11.9. The number of benzene rings is 1. The van der Waals surface area contributed by atoms with Gasteiger partial charge >= 0.3 is 0 Å². The first-order valence-corrected chi connectivity index (χ1v) is 7.49. The Morgan fingerprint density at radius 3 is 2.79 bits per heavy atom. The molecular formula is C16H26N2O. The van der Waals surface area contributed by atoms with Crippen LogP contribution < -0.4 is 5.32 Å². The normalized spacial score (nSPS) is 21.5. The van der Waals surface area contributed by atoms with E-state index in [0.717, 1.165) is 38.2 Å². The summed E-state index contributed by atoms with van der Waals surface area (Å²) in [5, 5.41) is 13.8. The quantitative estimate of drug-likeness (QED) is 0.825. The van der Waals surface area contributed by atoms with Crippen LogP contribution in [0, 0.1) is 0 Å². The molecule has 1 heterocycles. The Hall–Kier alpha value is -0.900. The van der Waals surface area contributed by atoms with E-state index in [9.17, 15) is 5.11 Å². The fourth-order valence-electron chi connectivity index (χ4n) is 2.86. The third-order valence-electron chi connectivity index (χ3n) is 3.89. The highest BCUT2D eigenvalue weighted by Crippen LogP contribution is 2.18. The van der Waals surface area contributed by atoms with Gasteiger partial charge < -0.3 is 10.4 Å². The minimum absolute atomic E-state index is 0.380. The topological polar surface area (TPSA) is 35.5 Å². The summed E-state index contributed by atoms with van der Waals surface area (Å²) in [7, 11) is 0. The van der Waals surface area contributed by atoms with E-state index < -0.39 is 0 Å². The maximum absolute atomic E-state index is 10.4. The summed E-state index contributed by atoms with van der Waals surface area (Å²) in [5.41, 5.74) is 1.02. The largest absolute Gasteiger partial charge is 0.387 e. The number of rotatable bonds is 6. The summed E-state index contributed by atoms with van der Waals surface area (Å²) < 4.78 is 0. The molecule has 2 unspecified atom stereocenters. The molecule has 0 amide bonds. The van der Waals surface area contributed by atoms with Crippen molar-refractivity contribution in [2.45, 2.75) is 38.3 Å². The van der Waals surface area contributed by atoms with Gasteiger partial charge in [0.05, 0.1) is 6.10 Å². The maximum atomic E-state index is 10.4. The smallest absolute Gasteiger partial charge is 0.0917 e. The zero-order chi connectivity index (χ0) is 13.5. The van der Waals surface area contributed by atoms with Gasteiger partial charge in [0.15, 0.2) is 0 Å². The van der Waals surface area contributed by atoms with Gasteiger partial charge in [-0.15, -0.1) is 0 Å². The fourth-order valence-corrected chi connectivity index (χ4v) is 2.86. The van der Waals surface area contributed by atoms with Gasteiger partial charge in [-0.05, 0) is 37.9 Å². The monoisotopic (exact) mass is 262 g/mol. The molecule has 19 heavy (non-hydrogen) atoms. The first-order chi connectivity index (χ1) is 9.31. The van der Waals surface area contributed by atoms with Crippen molar-refractivity contribution in [3.8, 4) is 0 Å². The zero-order valence-corrected chi connectivity index (χ0v) is 11.9. The molecule has 3 nitrogen and oxygen atoms in total. The molecule has 3 heteroatoms. The Bertz CT molecular complexity index is 349. The van der Waals surface area contributed by atoms with Crippen molar-refractivity contribution >= 4 is 0 Å². The molecule has 2 atom stereocenters. The number of aliphatic hydroxyl groups is 1. The molecule has 0 saturated carbocycles. The average molecular weight is 262 g/mol. The minimum Gasteiger partial charge on any atom is -0.387 e. The summed E-state index contributed by atoms with van der Waals surface area (Å²) in [6, 6.07) is 10.6. The van der Waals surface area contributed by atoms with Crippen molar-refractivity contribution in [2.75, 3.05) is 26.2 Å². The van der Waals surface area contributed by atoms with Crippen LogP contribution in [0.5, 0.6) is 0 Å². The molecule has 0 aromatic heterocycles. The van der Waals surface area contributed by atoms with Gasteiger partial charge in [0.1, 0.15) is 0 Å². The molecule has 1 saturated heterocycles. The van der Waals surface area contributed by atoms with Gasteiger partial charge in [0.2, 0.25) is 0 Å². The van der Waals surface area contributed by atoms with Gasteiger partial charge in [0.25, 0.3) is 0 Å². The molecule has 106 valence electrons. The molecule has 2 rings (SSSR count). The standard InChI is InChI=1S/C16H26N2O/c1-2-11-18(15-9-6-10-17-12-15)13-16(19)14-7-4-3-5-8-14/h3-5,7-8,15-17,19H,2,6,9-13H2,1H3. The van der Waals surface area contributed by atoms with E-state index in [2.05, 4.69) is 17.1 Å². The number of nitrogens with one attached hydrogen (secondary N) is 1. The summed E-state index contributed by atoms with van der Waals surface area (Å²) in [6.07, 6.45) is 3.24. The summed E-state index contributed by atoms with van der Waals surface area (Å²) in [6.45, 7) is 6.21. The van der Waals surface area contributed by atoms with Crippen LogP contribution in [0.25, 0.3) is 0 Å². The number of hydrogen-bond acceptors (Lipinski definition) is 3. The second kappa shape index (κ2) is 7.63.